The highest BCUT2D eigenvalue weighted by atomic mass is 32.1. The molecule has 1 saturated heterocycles. The van der Waals surface area contributed by atoms with Crippen molar-refractivity contribution in [3.8, 4) is 0 Å². The Morgan fingerprint density at radius 2 is 2.07 bits per heavy atom. The van der Waals surface area contributed by atoms with Crippen LogP contribution < -0.4 is 5.32 Å². The second kappa shape index (κ2) is 4.18. The Kier molecular flexibility index (Phi) is 3.07. The number of nitrogens with one attached hydrogen (secondary N) is 1. The van der Waals surface area contributed by atoms with E-state index in [0.717, 1.165) is 23.8 Å². The van der Waals surface area contributed by atoms with Crippen LogP contribution in [0.1, 0.15) is 28.4 Å². The van der Waals surface area contributed by atoms with Gasteiger partial charge in [-0.3, -0.25) is 0 Å². The maximum absolute atomic E-state index is 14.3. The molecule has 0 saturated carbocycles. The van der Waals surface area contributed by atoms with Crippen molar-refractivity contribution in [1.29, 1.82) is 0 Å². The van der Waals surface area contributed by atoms with Crippen molar-refractivity contribution in [2.75, 3.05) is 13.1 Å². The topological polar surface area (TPSA) is 24.9 Å². The molecule has 4 heteroatoms. The van der Waals surface area contributed by atoms with Crippen LogP contribution in [-0.2, 0) is 6.42 Å². The van der Waals surface area contributed by atoms with Crippen LogP contribution in [0, 0.1) is 13.8 Å². The normalized spacial score (nSPS) is 20.5. The first kappa shape index (κ1) is 11.0. The van der Waals surface area contributed by atoms with Crippen LogP contribution in [0.25, 0.3) is 0 Å². The van der Waals surface area contributed by atoms with E-state index in [1.54, 1.807) is 11.3 Å². The number of rotatable bonds is 2. The molecule has 0 unspecified atom stereocenters. The van der Waals surface area contributed by atoms with E-state index in [1.807, 2.05) is 13.8 Å². The third kappa shape index (κ3) is 2.55. The van der Waals surface area contributed by atoms with E-state index in [0.29, 0.717) is 19.3 Å². The molecule has 0 aliphatic carbocycles. The fourth-order valence-electron chi connectivity index (χ4n) is 1.94. The average Bonchev–Trinajstić information content (AvgIpc) is 2.46. The van der Waals surface area contributed by atoms with E-state index in [-0.39, 0.29) is 0 Å². The number of thiazole rings is 1. The summed E-state index contributed by atoms with van der Waals surface area (Å²) in [6, 6.07) is 0. The fourth-order valence-corrected chi connectivity index (χ4v) is 3.00. The molecule has 2 heterocycles. The molecule has 1 aromatic rings. The minimum Gasteiger partial charge on any atom is -0.316 e. The van der Waals surface area contributed by atoms with E-state index in [2.05, 4.69) is 10.3 Å². The van der Waals surface area contributed by atoms with Crippen molar-refractivity contribution >= 4 is 11.3 Å². The Balaban J connectivity index is 2.06. The van der Waals surface area contributed by atoms with Crippen molar-refractivity contribution in [1.82, 2.24) is 10.3 Å². The predicted octanol–water partition coefficient (Wildman–Crippen LogP) is 2.39. The molecule has 1 fully saturated rings. The molecule has 15 heavy (non-hydrogen) atoms. The van der Waals surface area contributed by atoms with Crippen LogP contribution in [0.4, 0.5) is 4.39 Å². The SMILES string of the molecule is Cc1nc(CC2(F)CCNCC2)sc1C. The molecule has 0 bridgehead atoms. The zero-order chi connectivity index (χ0) is 10.9. The van der Waals surface area contributed by atoms with E-state index in [1.165, 1.54) is 4.88 Å². The predicted molar refractivity (Wildman–Crippen MR) is 61.2 cm³/mol. The molecule has 1 aliphatic heterocycles. The third-order valence-electron chi connectivity index (χ3n) is 3.04. The maximum Gasteiger partial charge on any atom is 0.119 e. The molecule has 0 spiro atoms. The molecule has 2 nitrogen and oxygen atoms in total. The summed E-state index contributed by atoms with van der Waals surface area (Å²) in [6.07, 6.45) is 1.73. The largest absolute Gasteiger partial charge is 0.316 e. The van der Waals surface area contributed by atoms with E-state index >= 15 is 0 Å². The molecule has 1 aliphatic rings. The fraction of sp³-hybridized carbons (Fsp3) is 0.727. The Labute approximate surface area is 93.9 Å². The Hall–Kier alpha value is -0.480. The summed E-state index contributed by atoms with van der Waals surface area (Å²) >= 11 is 1.64. The summed E-state index contributed by atoms with van der Waals surface area (Å²) in [5.41, 5.74) is 0.0228. The van der Waals surface area contributed by atoms with Gasteiger partial charge in [0.1, 0.15) is 5.67 Å². The Morgan fingerprint density at radius 1 is 1.40 bits per heavy atom. The van der Waals surface area contributed by atoms with Crippen LogP contribution in [0.3, 0.4) is 0 Å². The van der Waals surface area contributed by atoms with Crippen molar-refractivity contribution in [3.05, 3.63) is 15.6 Å². The second-order valence-corrected chi connectivity index (χ2v) is 5.61. The van der Waals surface area contributed by atoms with Crippen molar-refractivity contribution in [2.45, 2.75) is 38.8 Å². The van der Waals surface area contributed by atoms with Crippen LogP contribution in [0.2, 0.25) is 0 Å². The minimum atomic E-state index is -1.03. The Bertz CT molecular complexity index is 323. The molecule has 84 valence electrons. The Morgan fingerprint density at radius 3 is 2.60 bits per heavy atom. The van der Waals surface area contributed by atoms with Crippen LogP contribution in [0.15, 0.2) is 0 Å². The van der Waals surface area contributed by atoms with Gasteiger partial charge in [-0.15, -0.1) is 11.3 Å². The number of nitrogens with zero attached hydrogens (tertiary/aromatic N) is 1. The number of hydrogen-bond donors (Lipinski definition) is 1. The van der Waals surface area contributed by atoms with Gasteiger partial charge < -0.3 is 5.32 Å². The lowest BCUT2D eigenvalue weighted by molar-refractivity contribution is 0.116. The maximum atomic E-state index is 14.3. The number of aryl methyl sites for hydroxylation is 2. The van der Waals surface area contributed by atoms with E-state index < -0.39 is 5.67 Å². The quantitative estimate of drug-likeness (QED) is 0.840. The highest BCUT2D eigenvalue weighted by Gasteiger charge is 2.32. The lowest BCUT2D eigenvalue weighted by Crippen LogP contribution is -2.40. The van der Waals surface area contributed by atoms with Crippen molar-refractivity contribution in [3.63, 3.8) is 0 Å². The number of hydrogen-bond acceptors (Lipinski definition) is 3. The number of piperidine rings is 1. The lowest BCUT2D eigenvalue weighted by Gasteiger charge is -2.29. The van der Waals surface area contributed by atoms with Gasteiger partial charge in [0.15, 0.2) is 0 Å². The molecule has 0 aromatic carbocycles. The van der Waals surface area contributed by atoms with E-state index in [4.69, 9.17) is 0 Å². The second-order valence-electron chi connectivity index (χ2n) is 4.33. The van der Waals surface area contributed by atoms with Crippen LogP contribution >= 0.6 is 11.3 Å². The summed E-state index contributed by atoms with van der Waals surface area (Å²) < 4.78 is 14.3. The summed E-state index contributed by atoms with van der Waals surface area (Å²) in [7, 11) is 0. The number of alkyl halides is 1. The van der Waals surface area contributed by atoms with Crippen LogP contribution in [0.5, 0.6) is 0 Å². The van der Waals surface area contributed by atoms with Crippen molar-refractivity contribution in [2.24, 2.45) is 0 Å². The number of aromatic nitrogens is 1. The molecule has 0 radical (unpaired) electrons. The summed E-state index contributed by atoms with van der Waals surface area (Å²) in [4.78, 5) is 5.62. The lowest BCUT2D eigenvalue weighted by atomic mass is 9.91. The first-order valence-corrected chi connectivity index (χ1v) is 6.23. The number of halogens is 1. The third-order valence-corrected chi connectivity index (χ3v) is 4.11. The summed E-state index contributed by atoms with van der Waals surface area (Å²) in [6.45, 7) is 5.62. The van der Waals surface area contributed by atoms with Crippen LogP contribution in [-0.4, -0.2) is 23.7 Å². The average molecular weight is 228 g/mol. The monoisotopic (exact) mass is 228 g/mol. The van der Waals surface area contributed by atoms with Gasteiger partial charge in [0, 0.05) is 11.3 Å². The van der Waals surface area contributed by atoms with Gasteiger partial charge in [-0.2, -0.15) is 0 Å². The first-order chi connectivity index (χ1) is 7.09. The summed E-state index contributed by atoms with van der Waals surface area (Å²) in [5.74, 6) is 0. The zero-order valence-corrected chi connectivity index (χ0v) is 10.1. The molecular weight excluding hydrogens is 211 g/mol. The summed E-state index contributed by atoms with van der Waals surface area (Å²) in [5, 5.41) is 4.14. The molecule has 1 N–H and O–H groups in total. The van der Waals surface area contributed by atoms with Gasteiger partial charge in [0.25, 0.3) is 0 Å². The van der Waals surface area contributed by atoms with Gasteiger partial charge in [-0.05, 0) is 39.8 Å². The zero-order valence-electron chi connectivity index (χ0n) is 9.27. The minimum absolute atomic E-state index is 0.494. The highest BCUT2D eigenvalue weighted by Crippen LogP contribution is 2.30. The smallest absolute Gasteiger partial charge is 0.119 e. The molecule has 0 amide bonds. The molecule has 1 aromatic heterocycles. The van der Waals surface area contributed by atoms with Gasteiger partial charge >= 0.3 is 0 Å². The van der Waals surface area contributed by atoms with E-state index in [9.17, 15) is 4.39 Å². The van der Waals surface area contributed by atoms with Gasteiger partial charge in [-0.1, -0.05) is 0 Å². The van der Waals surface area contributed by atoms with Gasteiger partial charge in [-0.25, -0.2) is 9.37 Å². The first-order valence-electron chi connectivity index (χ1n) is 5.42. The molecule has 0 atom stereocenters. The van der Waals surface area contributed by atoms with Crippen molar-refractivity contribution < 1.29 is 4.39 Å². The standard InChI is InChI=1S/C11H17FN2S/c1-8-9(2)15-10(14-8)7-11(12)3-5-13-6-4-11/h13H,3-7H2,1-2H3. The molecule has 2 rings (SSSR count). The van der Waals surface area contributed by atoms with Gasteiger partial charge in [0.2, 0.25) is 0 Å². The molecular formula is C11H17FN2S. The van der Waals surface area contributed by atoms with Gasteiger partial charge in [0.05, 0.1) is 10.7 Å². The highest BCUT2D eigenvalue weighted by molar-refractivity contribution is 7.11.